The van der Waals surface area contributed by atoms with Gasteiger partial charge in [-0.2, -0.15) is 0 Å². The monoisotopic (exact) mass is 232 g/mol. The van der Waals surface area contributed by atoms with E-state index in [1.807, 2.05) is 0 Å². The van der Waals surface area contributed by atoms with Crippen molar-refractivity contribution in [2.45, 2.75) is 0 Å². The minimum atomic E-state index is -4.64. The maximum Gasteiger partial charge on any atom is 1.00 e. The summed E-state index contributed by atoms with van der Waals surface area (Å²) in [5.74, 6) is 0. The van der Waals surface area contributed by atoms with Crippen LogP contribution in [0, 0.1) is 23.7 Å². The molecule has 0 rings (SSSR count). The van der Waals surface area contributed by atoms with Crippen molar-refractivity contribution in [3.8, 4) is 13.1 Å². The van der Waals surface area contributed by atoms with E-state index in [0.29, 0.717) is 0 Å². The number of nitrogens with zero attached hydrogens (tertiary/aromatic N) is 2. The van der Waals surface area contributed by atoms with Crippen molar-refractivity contribution in [1.82, 2.24) is 0 Å². The van der Waals surface area contributed by atoms with E-state index in [2.05, 4.69) is 13.1 Å². The van der Waals surface area contributed by atoms with Crippen molar-refractivity contribution in [3.63, 3.8) is 0 Å². The molecule has 0 spiro atoms. The van der Waals surface area contributed by atoms with E-state index in [1.165, 1.54) is 0 Å². The Labute approximate surface area is 153 Å². The molecule has 0 amide bonds. The number of hydrogen-bond acceptors (Lipinski definition) is 3. The normalized spacial score (nSPS) is 5.73. The van der Waals surface area contributed by atoms with Gasteiger partial charge in [-0.1, -0.05) is 0 Å². The van der Waals surface area contributed by atoms with E-state index in [9.17, 15) is 0 Å². The van der Waals surface area contributed by atoms with Crippen LogP contribution in [-0.4, -0.2) is 14.7 Å². The first-order valence-electron chi connectivity index (χ1n) is 1.30. The zero-order chi connectivity index (χ0) is 8.50. The molecule has 0 atom stereocenters. The summed E-state index contributed by atoms with van der Waals surface area (Å²) < 4.78 is 8.88. The molecule has 0 fully saturated rings. The zero-order valence-electron chi connectivity index (χ0n) is 8.25. The molecule has 0 aliphatic rings. The van der Waals surface area contributed by atoms with Crippen LogP contribution < -0.4 is 103 Å². The Hall–Kier alpha value is 2.36. The SMILES string of the molecule is C#N.C#N.O=P(O)(O)O.[H-].[H-].[K+].[K+]. The van der Waals surface area contributed by atoms with Gasteiger partial charge in [0.25, 0.3) is 0 Å². The standard InChI is InChI=1S/2CHN.2K.H3O4P.2H/c2*1-2;;;1-5(2,3)4;;/h2*1H;;;(H3,1,2,3,4);;/q;;2*+1;;2*-1. The smallest absolute Gasteiger partial charge is 1.00 e. The van der Waals surface area contributed by atoms with Crippen molar-refractivity contribution < 1.29 is 125 Å². The second-order valence-electron chi connectivity index (χ2n) is 0.513. The molecule has 11 heavy (non-hydrogen) atoms. The number of rotatable bonds is 0. The third kappa shape index (κ3) is 238. The Morgan fingerprint density at radius 2 is 1.00 bits per heavy atom. The predicted molar refractivity (Wildman–Crippen MR) is 29.8 cm³/mol. The van der Waals surface area contributed by atoms with E-state index in [1.54, 1.807) is 0 Å². The Morgan fingerprint density at radius 3 is 1.00 bits per heavy atom. The molecule has 0 aromatic rings. The van der Waals surface area contributed by atoms with Crippen LogP contribution in [0.3, 0.4) is 0 Å². The molecule has 0 aliphatic carbocycles. The number of hydrogen-bond donors (Lipinski definition) is 3. The second kappa shape index (κ2) is 22.8. The van der Waals surface area contributed by atoms with E-state index in [-0.39, 0.29) is 106 Å². The van der Waals surface area contributed by atoms with Gasteiger partial charge in [0.05, 0.1) is 0 Å². The van der Waals surface area contributed by atoms with E-state index in [4.69, 9.17) is 29.8 Å². The Kier molecular flexibility index (Phi) is 60.6. The molecule has 0 bridgehead atoms. The number of phosphoric acid groups is 1. The molecule has 0 saturated carbocycles. The Bertz CT molecular complexity index is 124. The van der Waals surface area contributed by atoms with Crippen LogP contribution in [0.15, 0.2) is 0 Å². The first-order valence-corrected chi connectivity index (χ1v) is 2.86. The molecular formula is C2H7K2N2O4P. The minimum Gasteiger partial charge on any atom is -1.00 e. The van der Waals surface area contributed by atoms with Crippen LogP contribution in [0.5, 0.6) is 0 Å². The minimum absolute atomic E-state index is 0. The van der Waals surface area contributed by atoms with Crippen molar-refractivity contribution in [3.05, 3.63) is 0 Å². The van der Waals surface area contributed by atoms with Gasteiger partial charge in [-0.25, -0.2) is 15.1 Å². The fourth-order valence-electron chi connectivity index (χ4n) is 0. The quantitative estimate of drug-likeness (QED) is 0.282. The van der Waals surface area contributed by atoms with Gasteiger partial charge in [-0.05, 0) is 0 Å². The van der Waals surface area contributed by atoms with Crippen molar-refractivity contribution >= 4 is 7.82 Å². The van der Waals surface area contributed by atoms with Gasteiger partial charge in [-0.3, -0.25) is 0 Å². The first kappa shape index (κ1) is 29.2. The summed E-state index contributed by atoms with van der Waals surface area (Å²) in [4.78, 5) is 21.6. The summed E-state index contributed by atoms with van der Waals surface area (Å²) in [6.45, 7) is 7.00. The Balaban J connectivity index is -0.00000000818. The molecule has 0 aromatic heterocycles. The van der Waals surface area contributed by atoms with E-state index in [0.717, 1.165) is 0 Å². The summed E-state index contributed by atoms with van der Waals surface area (Å²) >= 11 is 0. The van der Waals surface area contributed by atoms with E-state index < -0.39 is 7.82 Å². The maximum absolute atomic E-state index is 8.88. The van der Waals surface area contributed by atoms with Gasteiger partial charge >= 0.3 is 111 Å². The second-order valence-corrected chi connectivity index (χ2v) is 1.54. The van der Waals surface area contributed by atoms with Gasteiger partial charge in [0.1, 0.15) is 0 Å². The van der Waals surface area contributed by atoms with Crippen molar-refractivity contribution in [1.29, 1.82) is 10.5 Å². The summed E-state index contributed by atoms with van der Waals surface area (Å²) in [7, 11) is -4.64. The molecule has 9 heteroatoms. The summed E-state index contributed by atoms with van der Waals surface area (Å²) in [5, 5.41) is 13.0. The third-order valence-corrected chi connectivity index (χ3v) is 0. The van der Waals surface area contributed by atoms with Gasteiger partial charge in [0.2, 0.25) is 0 Å². The van der Waals surface area contributed by atoms with Crippen LogP contribution in [-0.2, 0) is 4.57 Å². The van der Waals surface area contributed by atoms with Crippen LogP contribution in [0.2, 0.25) is 0 Å². The molecule has 0 aliphatic heterocycles. The van der Waals surface area contributed by atoms with Crippen molar-refractivity contribution in [2.75, 3.05) is 0 Å². The maximum atomic E-state index is 8.88. The molecule has 0 saturated heterocycles. The summed E-state index contributed by atoms with van der Waals surface area (Å²) in [6, 6.07) is 0. The van der Waals surface area contributed by atoms with Crippen molar-refractivity contribution in [2.24, 2.45) is 0 Å². The first-order chi connectivity index (χ1) is 4.00. The Morgan fingerprint density at radius 1 is 1.00 bits per heavy atom. The van der Waals surface area contributed by atoms with Crippen LogP contribution in [0.1, 0.15) is 2.85 Å². The fraction of sp³-hybridized carbons (Fsp3) is 0. The molecule has 56 valence electrons. The largest absolute Gasteiger partial charge is 1.00 e. The molecule has 0 unspecified atom stereocenters. The molecular weight excluding hydrogens is 225 g/mol. The average molecular weight is 232 g/mol. The topological polar surface area (TPSA) is 125 Å². The molecule has 0 aromatic carbocycles. The zero-order valence-corrected chi connectivity index (χ0v) is 13.4. The summed E-state index contributed by atoms with van der Waals surface area (Å²) in [5.41, 5.74) is 0. The molecule has 0 heterocycles. The van der Waals surface area contributed by atoms with Crippen LogP contribution >= 0.6 is 7.82 Å². The third-order valence-electron chi connectivity index (χ3n) is 0. The van der Waals surface area contributed by atoms with E-state index >= 15 is 0 Å². The van der Waals surface area contributed by atoms with Crippen LogP contribution in [0.25, 0.3) is 0 Å². The fourth-order valence-corrected chi connectivity index (χ4v) is 0. The predicted octanol–water partition coefficient (Wildman–Crippen LogP) is -6.42. The molecule has 3 N–H and O–H groups in total. The van der Waals surface area contributed by atoms with Gasteiger partial charge < -0.3 is 17.5 Å². The number of nitriles is 2. The summed E-state index contributed by atoms with van der Waals surface area (Å²) in [6.07, 6.45) is 0. The van der Waals surface area contributed by atoms with Gasteiger partial charge in [0.15, 0.2) is 0 Å². The van der Waals surface area contributed by atoms with Gasteiger partial charge in [-0.15, -0.1) is 0 Å². The van der Waals surface area contributed by atoms with Crippen LogP contribution in [0.4, 0.5) is 0 Å². The van der Waals surface area contributed by atoms with Gasteiger partial charge in [0, 0.05) is 13.1 Å². The average Bonchev–Trinajstić information content (AvgIpc) is 1.72. The molecule has 6 nitrogen and oxygen atoms in total. The molecule has 0 radical (unpaired) electrons.